The average Bonchev–Trinajstić information content (AvgIpc) is 2.40. The molecule has 20 heavy (non-hydrogen) atoms. The maximum Gasteiger partial charge on any atom is 0.107 e. The molecule has 0 radical (unpaired) electrons. The van der Waals surface area contributed by atoms with Crippen LogP contribution in [-0.2, 0) is 6.42 Å². The zero-order chi connectivity index (χ0) is 14.7. The minimum absolute atomic E-state index is 0.296. The van der Waals surface area contributed by atoms with E-state index in [1.54, 1.807) is 6.07 Å². The zero-order valence-corrected chi connectivity index (χ0v) is 13.1. The van der Waals surface area contributed by atoms with Crippen molar-refractivity contribution in [2.24, 2.45) is 5.73 Å². The van der Waals surface area contributed by atoms with Gasteiger partial charge in [0.1, 0.15) is 4.99 Å². The molecule has 2 nitrogen and oxygen atoms in total. The Bertz CT molecular complexity index is 653. The van der Waals surface area contributed by atoms with E-state index >= 15 is 0 Å². The number of rotatable bonds is 4. The molecule has 0 heterocycles. The predicted octanol–water partition coefficient (Wildman–Crippen LogP) is 4.59. The number of nitrogens with one attached hydrogen (secondary N) is 1. The molecule has 104 valence electrons. The first kappa shape index (κ1) is 14.8. The third kappa shape index (κ3) is 2.94. The molecule has 3 N–H and O–H groups in total. The Morgan fingerprint density at radius 2 is 1.95 bits per heavy atom. The van der Waals surface area contributed by atoms with Crippen molar-refractivity contribution in [2.75, 3.05) is 5.32 Å². The summed E-state index contributed by atoms with van der Waals surface area (Å²) in [5, 5.41) is 3.99. The summed E-state index contributed by atoms with van der Waals surface area (Å²) < 4.78 is 0. The van der Waals surface area contributed by atoms with E-state index in [-0.39, 0.29) is 0 Å². The normalized spacial score (nSPS) is 10.3. The second-order valence-electron chi connectivity index (χ2n) is 4.61. The largest absolute Gasteiger partial charge is 0.389 e. The lowest BCUT2D eigenvalue weighted by molar-refractivity contribution is 1.13. The Balaban J connectivity index is 2.51. The van der Waals surface area contributed by atoms with Crippen LogP contribution in [0.5, 0.6) is 0 Å². The molecule has 0 aromatic heterocycles. The maximum absolute atomic E-state index is 6.20. The summed E-state index contributed by atoms with van der Waals surface area (Å²) in [6, 6.07) is 11.9. The van der Waals surface area contributed by atoms with Crippen LogP contribution in [0.4, 0.5) is 11.4 Å². The topological polar surface area (TPSA) is 38.0 Å². The van der Waals surface area contributed by atoms with Gasteiger partial charge < -0.3 is 11.1 Å². The molecule has 2 aromatic carbocycles. The molecule has 0 spiro atoms. The fourth-order valence-electron chi connectivity index (χ4n) is 2.22. The highest BCUT2D eigenvalue weighted by Crippen LogP contribution is 2.30. The van der Waals surface area contributed by atoms with Crippen LogP contribution < -0.4 is 11.1 Å². The summed E-state index contributed by atoms with van der Waals surface area (Å²) in [5.74, 6) is 0. The lowest BCUT2D eigenvalue weighted by Crippen LogP contribution is -2.13. The van der Waals surface area contributed by atoms with Gasteiger partial charge in [0.2, 0.25) is 0 Å². The van der Waals surface area contributed by atoms with Crippen molar-refractivity contribution < 1.29 is 0 Å². The van der Waals surface area contributed by atoms with Crippen LogP contribution in [0.25, 0.3) is 0 Å². The monoisotopic (exact) mass is 304 g/mol. The fraction of sp³-hybridized carbons (Fsp3) is 0.188. The SMILES string of the molecule is CCc1cccc(C)c1Nc1cccc(Cl)c1C(N)=S. The summed E-state index contributed by atoms with van der Waals surface area (Å²) in [6.07, 6.45) is 0.951. The highest BCUT2D eigenvalue weighted by Gasteiger charge is 2.12. The number of hydrogen-bond donors (Lipinski definition) is 2. The van der Waals surface area contributed by atoms with Crippen LogP contribution in [-0.4, -0.2) is 4.99 Å². The molecule has 0 amide bonds. The van der Waals surface area contributed by atoms with E-state index in [0.717, 1.165) is 17.8 Å². The van der Waals surface area contributed by atoms with Crippen molar-refractivity contribution in [3.8, 4) is 0 Å². The minimum Gasteiger partial charge on any atom is -0.389 e. The van der Waals surface area contributed by atoms with Gasteiger partial charge in [-0.25, -0.2) is 0 Å². The lowest BCUT2D eigenvalue weighted by atomic mass is 10.0. The van der Waals surface area contributed by atoms with Gasteiger partial charge in [-0.2, -0.15) is 0 Å². The third-order valence-corrected chi connectivity index (χ3v) is 3.78. The van der Waals surface area contributed by atoms with Crippen molar-refractivity contribution in [1.29, 1.82) is 0 Å². The summed E-state index contributed by atoms with van der Waals surface area (Å²) in [6.45, 7) is 4.21. The second-order valence-corrected chi connectivity index (χ2v) is 5.46. The van der Waals surface area contributed by atoms with Crippen molar-refractivity contribution in [2.45, 2.75) is 20.3 Å². The van der Waals surface area contributed by atoms with E-state index in [4.69, 9.17) is 29.6 Å². The standard InChI is InChI=1S/C16H17ClN2S/c1-3-11-7-4-6-10(2)15(11)19-13-9-5-8-12(17)14(13)16(18)20/h4-9,19H,3H2,1-2H3,(H2,18,20). The Labute approximate surface area is 130 Å². The van der Waals surface area contributed by atoms with Crippen LogP contribution >= 0.6 is 23.8 Å². The molecular formula is C16H17ClN2S. The zero-order valence-electron chi connectivity index (χ0n) is 11.5. The van der Waals surface area contributed by atoms with E-state index in [0.29, 0.717) is 15.6 Å². The molecule has 2 rings (SSSR count). The van der Waals surface area contributed by atoms with Gasteiger partial charge in [-0.05, 0) is 36.6 Å². The van der Waals surface area contributed by atoms with Crippen LogP contribution in [0.2, 0.25) is 5.02 Å². The molecule has 0 unspecified atom stereocenters. The van der Waals surface area contributed by atoms with Gasteiger partial charge in [0.15, 0.2) is 0 Å². The number of aryl methyl sites for hydroxylation is 2. The van der Waals surface area contributed by atoms with Crippen molar-refractivity contribution in [3.05, 3.63) is 58.1 Å². The van der Waals surface area contributed by atoms with Crippen LogP contribution in [0.3, 0.4) is 0 Å². The van der Waals surface area contributed by atoms with Crippen molar-refractivity contribution in [1.82, 2.24) is 0 Å². The first-order valence-electron chi connectivity index (χ1n) is 6.48. The first-order valence-corrected chi connectivity index (χ1v) is 7.27. The number of halogens is 1. The molecule has 0 saturated carbocycles. The van der Waals surface area contributed by atoms with Crippen LogP contribution in [0.15, 0.2) is 36.4 Å². The van der Waals surface area contributed by atoms with E-state index in [2.05, 4.69) is 37.4 Å². The number of anilines is 2. The predicted molar refractivity (Wildman–Crippen MR) is 91.2 cm³/mol. The molecule has 0 atom stereocenters. The smallest absolute Gasteiger partial charge is 0.107 e. The molecule has 0 fully saturated rings. The Morgan fingerprint density at radius 1 is 1.25 bits per heavy atom. The quantitative estimate of drug-likeness (QED) is 0.811. The summed E-state index contributed by atoms with van der Waals surface area (Å²) in [5.41, 5.74) is 10.8. The summed E-state index contributed by atoms with van der Waals surface area (Å²) in [4.78, 5) is 0.296. The highest BCUT2D eigenvalue weighted by atomic mass is 35.5. The lowest BCUT2D eigenvalue weighted by Gasteiger charge is -2.17. The van der Waals surface area contributed by atoms with Gasteiger partial charge in [0.05, 0.1) is 16.3 Å². The molecule has 0 aliphatic heterocycles. The highest BCUT2D eigenvalue weighted by molar-refractivity contribution is 7.80. The molecule has 0 saturated heterocycles. The van der Waals surface area contributed by atoms with E-state index in [1.165, 1.54) is 11.1 Å². The first-order chi connectivity index (χ1) is 9.54. The number of para-hydroxylation sites is 1. The van der Waals surface area contributed by atoms with Gasteiger partial charge >= 0.3 is 0 Å². The maximum atomic E-state index is 6.20. The number of benzene rings is 2. The number of nitrogens with two attached hydrogens (primary N) is 1. The number of hydrogen-bond acceptors (Lipinski definition) is 2. The summed E-state index contributed by atoms with van der Waals surface area (Å²) in [7, 11) is 0. The van der Waals surface area contributed by atoms with Crippen molar-refractivity contribution >= 4 is 40.2 Å². The van der Waals surface area contributed by atoms with Crippen LogP contribution in [0, 0.1) is 6.92 Å². The van der Waals surface area contributed by atoms with Crippen molar-refractivity contribution in [3.63, 3.8) is 0 Å². The average molecular weight is 305 g/mol. The van der Waals surface area contributed by atoms with Gasteiger partial charge in [0, 0.05) is 5.69 Å². The Kier molecular flexibility index (Phi) is 4.63. The molecular weight excluding hydrogens is 288 g/mol. The van der Waals surface area contributed by atoms with Gasteiger partial charge in [0.25, 0.3) is 0 Å². The summed E-state index contributed by atoms with van der Waals surface area (Å²) >= 11 is 11.3. The number of thiocarbonyl (C=S) groups is 1. The molecule has 0 bridgehead atoms. The van der Waals surface area contributed by atoms with E-state index < -0.39 is 0 Å². The van der Waals surface area contributed by atoms with Gasteiger partial charge in [-0.15, -0.1) is 0 Å². The molecule has 2 aromatic rings. The Hall–Kier alpha value is -1.58. The van der Waals surface area contributed by atoms with E-state index in [1.807, 2.05) is 12.1 Å². The molecule has 0 aliphatic carbocycles. The van der Waals surface area contributed by atoms with E-state index in [9.17, 15) is 0 Å². The third-order valence-electron chi connectivity index (χ3n) is 3.26. The fourth-order valence-corrected chi connectivity index (χ4v) is 2.77. The Morgan fingerprint density at radius 3 is 2.60 bits per heavy atom. The van der Waals surface area contributed by atoms with Crippen LogP contribution in [0.1, 0.15) is 23.6 Å². The van der Waals surface area contributed by atoms with Gasteiger partial charge in [-0.3, -0.25) is 0 Å². The van der Waals surface area contributed by atoms with Gasteiger partial charge in [-0.1, -0.05) is 55.0 Å². The molecule has 4 heteroatoms. The second kappa shape index (κ2) is 6.25. The minimum atomic E-state index is 0.296. The molecule has 0 aliphatic rings.